The number of aliphatic hydroxyl groups is 1. The van der Waals surface area contributed by atoms with Gasteiger partial charge in [0, 0.05) is 48.4 Å². The van der Waals surface area contributed by atoms with E-state index >= 15 is 0 Å². The van der Waals surface area contributed by atoms with Crippen LogP contribution in [-0.2, 0) is 17.8 Å². The Bertz CT molecular complexity index is 1510. The lowest BCUT2D eigenvalue weighted by Crippen LogP contribution is -2.47. The second kappa shape index (κ2) is 15.6. The summed E-state index contributed by atoms with van der Waals surface area (Å²) in [6.07, 6.45) is -0.208. The van der Waals surface area contributed by atoms with Gasteiger partial charge in [0.2, 0.25) is 5.91 Å². The molecule has 0 saturated heterocycles. The molecule has 246 valence electrons. The standard InChI is InChI=1S/C35H46N6O5/c1-22(2)37-35(45)38-28-14-15-31-27(16-28)17-33(43)41(24(4)21-42)18-23(3)32(46-31)20-40(5)19-25-10-12-26(13-11-25)34(44)39-30-9-7-6-8-29(30)36/h6-16,22-24,32,42H,17-21,36H2,1-5H3,(H,39,44)(H2,37,38,45)/t23-,24+,32+/m1/s1. The van der Waals surface area contributed by atoms with Crippen molar-refractivity contribution in [3.63, 3.8) is 0 Å². The molecule has 4 amide bonds. The zero-order valence-corrected chi connectivity index (χ0v) is 27.2. The molecule has 1 heterocycles. The third kappa shape index (κ3) is 9.21. The predicted molar refractivity (Wildman–Crippen MR) is 181 cm³/mol. The first-order valence-electron chi connectivity index (χ1n) is 15.6. The van der Waals surface area contributed by atoms with Crippen molar-refractivity contribution in [3.05, 3.63) is 83.4 Å². The minimum Gasteiger partial charge on any atom is -0.488 e. The van der Waals surface area contributed by atoms with Crippen LogP contribution in [0.4, 0.5) is 21.9 Å². The monoisotopic (exact) mass is 630 g/mol. The number of aliphatic hydroxyl groups excluding tert-OH is 1. The minimum absolute atomic E-state index is 0.0255. The maximum Gasteiger partial charge on any atom is 0.319 e. The van der Waals surface area contributed by atoms with E-state index in [0.717, 1.165) is 5.56 Å². The first kappa shape index (κ1) is 34.3. The highest BCUT2D eigenvalue weighted by molar-refractivity contribution is 6.05. The van der Waals surface area contributed by atoms with Gasteiger partial charge in [-0.05, 0) is 75.8 Å². The quantitative estimate of drug-likeness (QED) is 0.209. The van der Waals surface area contributed by atoms with Crippen LogP contribution in [0.25, 0.3) is 0 Å². The van der Waals surface area contributed by atoms with Gasteiger partial charge in [-0.15, -0.1) is 0 Å². The number of hydrogen-bond acceptors (Lipinski definition) is 7. The van der Waals surface area contributed by atoms with Gasteiger partial charge in [-0.25, -0.2) is 4.79 Å². The van der Waals surface area contributed by atoms with E-state index in [1.54, 1.807) is 47.4 Å². The molecule has 0 saturated carbocycles. The Kier molecular flexibility index (Phi) is 11.6. The lowest BCUT2D eigenvalue weighted by atomic mass is 10.0. The van der Waals surface area contributed by atoms with E-state index in [9.17, 15) is 19.5 Å². The normalized spacial score (nSPS) is 17.3. The molecule has 46 heavy (non-hydrogen) atoms. The van der Waals surface area contributed by atoms with Crippen LogP contribution in [-0.4, -0.2) is 77.7 Å². The fourth-order valence-electron chi connectivity index (χ4n) is 5.40. The number of rotatable bonds is 10. The number of nitrogens with one attached hydrogen (secondary N) is 3. The summed E-state index contributed by atoms with van der Waals surface area (Å²) in [7, 11) is 2.00. The molecule has 0 bridgehead atoms. The number of nitrogen functional groups attached to an aromatic ring is 1. The summed E-state index contributed by atoms with van der Waals surface area (Å²) in [6, 6.07) is 19.2. The molecule has 1 aliphatic rings. The Morgan fingerprint density at radius 1 is 1.07 bits per heavy atom. The fourth-order valence-corrected chi connectivity index (χ4v) is 5.40. The van der Waals surface area contributed by atoms with Crippen molar-refractivity contribution >= 4 is 34.9 Å². The second-order valence-electron chi connectivity index (χ2n) is 12.4. The highest BCUT2D eigenvalue weighted by Crippen LogP contribution is 2.29. The minimum atomic E-state index is -0.359. The molecule has 0 fully saturated rings. The molecule has 6 N–H and O–H groups in total. The highest BCUT2D eigenvalue weighted by atomic mass is 16.5. The lowest BCUT2D eigenvalue weighted by Gasteiger charge is -2.34. The van der Waals surface area contributed by atoms with Crippen molar-refractivity contribution < 1.29 is 24.2 Å². The number of nitrogens with zero attached hydrogens (tertiary/aromatic N) is 2. The number of benzene rings is 3. The average Bonchev–Trinajstić information content (AvgIpc) is 3.05. The summed E-state index contributed by atoms with van der Waals surface area (Å²) in [5.74, 6) is 0.174. The zero-order valence-electron chi connectivity index (χ0n) is 27.2. The van der Waals surface area contributed by atoms with E-state index in [1.165, 1.54) is 0 Å². The number of amides is 4. The summed E-state index contributed by atoms with van der Waals surface area (Å²) >= 11 is 0. The first-order chi connectivity index (χ1) is 21.9. The largest absolute Gasteiger partial charge is 0.488 e. The predicted octanol–water partition coefficient (Wildman–Crippen LogP) is 4.33. The molecule has 3 aromatic rings. The number of ether oxygens (including phenoxy) is 1. The van der Waals surface area contributed by atoms with Gasteiger partial charge >= 0.3 is 6.03 Å². The van der Waals surface area contributed by atoms with Crippen molar-refractivity contribution in [1.29, 1.82) is 0 Å². The van der Waals surface area contributed by atoms with Crippen molar-refractivity contribution in [2.75, 3.05) is 43.1 Å². The molecule has 0 aliphatic carbocycles. The summed E-state index contributed by atoms with van der Waals surface area (Å²) < 4.78 is 6.61. The van der Waals surface area contributed by atoms with Crippen LogP contribution in [0.1, 0.15) is 49.2 Å². The topological polar surface area (TPSA) is 149 Å². The van der Waals surface area contributed by atoms with Gasteiger partial charge in [0.05, 0.1) is 30.4 Å². The molecule has 3 aromatic carbocycles. The van der Waals surface area contributed by atoms with Crippen molar-refractivity contribution in [1.82, 2.24) is 15.1 Å². The van der Waals surface area contributed by atoms with E-state index in [4.69, 9.17) is 10.5 Å². The first-order valence-corrected chi connectivity index (χ1v) is 15.6. The molecule has 0 aromatic heterocycles. The number of nitrogens with two attached hydrogens (primary N) is 1. The van der Waals surface area contributed by atoms with E-state index < -0.39 is 0 Å². The molecule has 3 atom stereocenters. The Morgan fingerprint density at radius 2 is 1.78 bits per heavy atom. The molecule has 4 rings (SSSR count). The van der Waals surface area contributed by atoms with E-state index in [0.29, 0.717) is 53.6 Å². The summed E-state index contributed by atoms with van der Waals surface area (Å²) in [5, 5.41) is 18.4. The van der Waals surface area contributed by atoms with Gasteiger partial charge in [-0.1, -0.05) is 31.2 Å². The molecular weight excluding hydrogens is 584 g/mol. The smallest absolute Gasteiger partial charge is 0.319 e. The summed E-state index contributed by atoms with van der Waals surface area (Å²) in [5.41, 5.74) is 9.80. The lowest BCUT2D eigenvalue weighted by molar-refractivity contribution is -0.134. The number of carbonyl (C=O) groups is 3. The highest BCUT2D eigenvalue weighted by Gasteiger charge is 2.31. The van der Waals surface area contributed by atoms with Crippen molar-refractivity contribution in [2.24, 2.45) is 5.92 Å². The molecule has 1 aliphatic heterocycles. The van der Waals surface area contributed by atoms with Crippen LogP contribution in [0.15, 0.2) is 66.7 Å². The second-order valence-corrected chi connectivity index (χ2v) is 12.4. The van der Waals surface area contributed by atoms with Crippen molar-refractivity contribution in [3.8, 4) is 5.75 Å². The SMILES string of the molecule is CC(C)NC(=O)Nc1ccc2c(c1)CC(=O)N([C@@H](C)CO)C[C@@H](C)[C@H](CN(C)Cc1ccc(C(=O)Nc3ccccc3N)cc1)O2. The van der Waals surface area contributed by atoms with Crippen LogP contribution in [0.5, 0.6) is 5.75 Å². The van der Waals surface area contributed by atoms with Crippen LogP contribution in [0, 0.1) is 5.92 Å². The maximum atomic E-state index is 13.5. The Labute approximate surface area is 271 Å². The van der Waals surface area contributed by atoms with E-state index in [1.807, 2.05) is 59.0 Å². The Hall–Kier alpha value is -4.61. The molecule has 11 heteroatoms. The van der Waals surface area contributed by atoms with Gasteiger partial charge in [-0.3, -0.25) is 14.5 Å². The third-order valence-corrected chi connectivity index (χ3v) is 7.96. The summed E-state index contributed by atoms with van der Waals surface area (Å²) in [6.45, 7) is 9.07. The van der Waals surface area contributed by atoms with Gasteiger partial charge in [-0.2, -0.15) is 0 Å². The number of anilines is 3. The zero-order chi connectivity index (χ0) is 33.4. The number of likely N-dealkylation sites (N-methyl/N-ethyl adjacent to an activating group) is 1. The molecule has 0 unspecified atom stereocenters. The maximum absolute atomic E-state index is 13.5. The molecule has 0 spiro atoms. The van der Waals surface area contributed by atoms with Gasteiger partial charge in [0.1, 0.15) is 11.9 Å². The Morgan fingerprint density at radius 3 is 2.46 bits per heavy atom. The van der Waals surface area contributed by atoms with Gasteiger partial charge < -0.3 is 36.4 Å². The van der Waals surface area contributed by atoms with Crippen LogP contribution < -0.4 is 26.4 Å². The Balaban J connectivity index is 1.49. The number of hydrogen-bond donors (Lipinski definition) is 5. The number of carbonyl (C=O) groups excluding carboxylic acids is 3. The molecule has 0 radical (unpaired) electrons. The van der Waals surface area contributed by atoms with E-state index in [2.05, 4.69) is 20.9 Å². The van der Waals surface area contributed by atoms with Crippen molar-refractivity contribution in [2.45, 2.75) is 58.8 Å². The third-order valence-electron chi connectivity index (χ3n) is 7.96. The van der Waals surface area contributed by atoms with Crippen LogP contribution >= 0.6 is 0 Å². The van der Waals surface area contributed by atoms with Crippen LogP contribution in [0.2, 0.25) is 0 Å². The number of fused-ring (bicyclic) bond motifs is 1. The molecule has 11 nitrogen and oxygen atoms in total. The fraction of sp³-hybridized carbons (Fsp3) is 0.400. The number of para-hydroxylation sites is 2. The van der Waals surface area contributed by atoms with Gasteiger partial charge in [0.25, 0.3) is 5.91 Å². The number of urea groups is 1. The van der Waals surface area contributed by atoms with Crippen LogP contribution in [0.3, 0.4) is 0 Å². The van der Waals surface area contributed by atoms with E-state index in [-0.39, 0.29) is 55.0 Å². The molecular formula is C35H46N6O5. The van der Waals surface area contributed by atoms with Gasteiger partial charge in [0.15, 0.2) is 0 Å². The average molecular weight is 631 g/mol. The summed E-state index contributed by atoms with van der Waals surface area (Å²) in [4.78, 5) is 42.4.